The van der Waals surface area contributed by atoms with Crippen molar-refractivity contribution in [1.29, 1.82) is 0 Å². The summed E-state index contributed by atoms with van der Waals surface area (Å²) in [4.78, 5) is 11.3. The van der Waals surface area contributed by atoms with Gasteiger partial charge in [0.05, 0.1) is 7.59 Å². The summed E-state index contributed by atoms with van der Waals surface area (Å²) in [7, 11) is -4.72. The van der Waals surface area contributed by atoms with Crippen LogP contribution in [0, 0.1) is 0 Å². The molecule has 2 unspecified atom stereocenters. The van der Waals surface area contributed by atoms with Gasteiger partial charge in [0.25, 0.3) is 14.3 Å². The normalized spacial score (nSPS) is 27.7. The highest BCUT2D eigenvalue weighted by Crippen LogP contribution is 2.40. The third-order valence-electron chi connectivity index (χ3n) is 5.19. The number of rotatable bonds is 3. The fourth-order valence-electron chi connectivity index (χ4n) is 2.66. The molecule has 2 atom stereocenters. The second kappa shape index (κ2) is 5.46. The molecule has 3 nitrogen and oxygen atoms in total. The molecule has 0 radical (unpaired) electrons. The standard InChI is InChI=1S/C13H30O3Si3/c1-11(18(5,6)15-12(2)14)13-9-10-17(3,4)19(7,8)16-13/h11,13H,9-10H2,1-8H3. The largest absolute Gasteiger partial charge is 0.519 e. The van der Waals surface area contributed by atoms with Gasteiger partial charge in [0.15, 0.2) is 7.83 Å². The van der Waals surface area contributed by atoms with Gasteiger partial charge in [0, 0.05) is 18.6 Å². The number of hydrogen-bond acceptors (Lipinski definition) is 3. The fraction of sp³-hybridized carbons (Fsp3) is 0.923. The summed E-state index contributed by atoms with van der Waals surface area (Å²) in [6, 6.07) is 1.35. The van der Waals surface area contributed by atoms with Crippen molar-refractivity contribution in [2.45, 2.75) is 77.2 Å². The van der Waals surface area contributed by atoms with E-state index in [1.807, 2.05) is 0 Å². The molecule has 0 aromatic carbocycles. The van der Waals surface area contributed by atoms with Crippen LogP contribution in [0.1, 0.15) is 20.3 Å². The summed E-state index contributed by atoms with van der Waals surface area (Å²) >= 11 is 0. The van der Waals surface area contributed by atoms with Crippen LogP contribution in [0.25, 0.3) is 0 Å². The zero-order valence-electron chi connectivity index (χ0n) is 13.8. The maximum Gasteiger partial charge on any atom is 0.289 e. The molecule has 1 aliphatic heterocycles. The maximum absolute atomic E-state index is 11.3. The number of carbonyl (C=O) groups is 1. The van der Waals surface area contributed by atoms with Gasteiger partial charge < -0.3 is 8.85 Å². The second-order valence-electron chi connectivity index (χ2n) is 7.57. The molecule has 1 heterocycles. The lowest BCUT2D eigenvalue weighted by atomic mass is 10.2. The highest BCUT2D eigenvalue weighted by Gasteiger charge is 2.51. The lowest BCUT2D eigenvalue weighted by Gasteiger charge is -2.49. The molecule has 1 rings (SSSR count). The van der Waals surface area contributed by atoms with E-state index in [1.54, 1.807) is 0 Å². The van der Waals surface area contributed by atoms with Crippen LogP contribution in [0.2, 0.25) is 50.9 Å². The van der Waals surface area contributed by atoms with Crippen molar-refractivity contribution in [3.8, 4) is 0 Å². The Kier molecular flexibility index (Phi) is 4.92. The van der Waals surface area contributed by atoms with Gasteiger partial charge in [-0.3, -0.25) is 4.79 Å². The molecule has 1 aliphatic rings. The Hall–Kier alpha value is 0.0806. The van der Waals surface area contributed by atoms with E-state index in [2.05, 4.69) is 46.2 Å². The summed E-state index contributed by atoms with van der Waals surface area (Å²) in [6.45, 7) is 17.7. The van der Waals surface area contributed by atoms with Gasteiger partial charge in [-0.1, -0.05) is 26.1 Å². The topological polar surface area (TPSA) is 35.5 Å². The van der Waals surface area contributed by atoms with Crippen molar-refractivity contribution in [3.05, 3.63) is 0 Å². The predicted octanol–water partition coefficient (Wildman–Crippen LogP) is 3.93. The molecule has 19 heavy (non-hydrogen) atoms. The summed E-state index contributed by atoms with van der Waals surface area (Å²) in [5.41, 5.74) is 0.369. The van der Waals surface area contributed by atoms with E-state index in [9.17, 15) is 4.79 Å². The fourth-order valence-corrected chi connectivity index (χ4v) is 11.5. The monoisotopic (exact) mass is 318 g/mol. The van der Waals surface area contributed by atoms with Crippen molar-refractivity contribution < 1.29 is 13.6 Å². The first kappa shape index (κ1) is 17.1. The van der Waals surface area contributed by atoms with Crippen molar-refractivity contribution in [2.24, 2.45) is 0 Å². The molecular formula is C13H30O3Si3. The molecule has 0 spiro atoms. The van der Waals surface area contributed by atoms with Gasteiger partial charge in [-0.2, -0.15) is 0 Å². The van der Waals surface area contributed by atoms with E-state index in [4.69, 9.17) is 8.85 Å². The van der Waals surface area contributed by atoms with Gasteiger partial charge in [-0.05, 0) is 32.6 Å². The molecule has 0 bridgehead atoms. The molecular weight excluding hydrogens is 288 g/mol. The number of carbonyl (C=O) groups excluding carboxylic acids is 1. The summed E-state index contributed by atoms with van der Waals surface area (Å²) in [5, 5.41) is 0. The Morgan fingerprint density at radius 2 is 1.84 bits per heavy atom. The molecule has 0 amide bonds. The number of hydrogen-bond donors (Lipinski definition) is 0. The van der Waals surface area contributed by atoms with Crippen LogP contribution in [0.15, 0.2) is 0 Å². The van der Waals surface area contributed by atoms with Crippen molar-refractivity contribution in [3.63, 3.8) is 0 Å². The summed E-state index contributed by atoms with van der Waals surface area (Å²) in [6.07, 6.45) is 1.44. The molecule has 0 saturated carbocycles. The first-order chi connectivity index (χ1) is 8.39. The summed E-state index contributed by atoms with van der Waals surface area (Å²) in [5.74, 6) is -0.148. The van der Waals surface area contributed by atoms with E-state index in [0.717, 1.165) is 6.42 Å². The van der Waals surface area contributed by atoms with E-state index >= 15 is 0 Å². The average molecular weight is 319 g/mol. The molecule has 0 aliphatic carbocycles. The third kappa shape index (κ3) is 3.80. The molecule has 0 aromatic heterocycles. The van der Waals surface area contributed by atoms with Crippen molar-refractivity contribution >= 4 is 29.7 Å². The summed E-state index contributed by atoms with van der Waals surface area (Å²) < 4.78 is 12.2. The van der Waals surface area contributed by atoms with Gasteiger partial charge in [0.2, 0.25) is 0 Å². The van der Waals surface area contributed by atoms with Crippen LogP contribution >= 0.6 is 0 Å². The van der Waals surface area contributed by atoms with Crippen LogP contribution in [0.3, 0.4) is 0 Å². The minimum atomic E-state index is -2.00. The lowest BCUT2D eigenvalue weighted by Crippen LogP contribution is -2.63. The van der Waals surface area contributed by atoms with Crippen molar-refractivity contribution in [2.75, 3.05) is 0 Å². The van der Waals surface area contributed by atoms with Gasteiger partial charge in [-0.25, -0.2) is 0 Å². The molecule has 1 fully saturated rings. The second-order valence-corrected chi connectivity index (χ2v) is 27.1. The Bertz CT molecular complexity index is 353. The highest BCUT2D eigenvalue weighted by molar-refractivity contribution is 7.38. The molecule has 1 saturated heterocycles. The Morgan fingerprint density at radius 1 is 1.32 bits per heavy atom. The van der Waals surface area contributed by atoms with Crippen LogP contribution in [0.5, 0.6) is 0 Å². The van der Waals surface area contributed by atoms with Crippen LogP contribution < -0.4 is 0 Å². The van der Waals surface area contributed by atoms with Crippen LogP contribution in [-0.4, -0.2) is 35.8 Å². The van der Waals surface area contributed by atoms with E-state index in [0.29, 0.717) is 11.6 Å². The SMILES string of the molecule is CC(=O)O[Si](C)(C)C(C)C1CC[Si](C)(C)[Si](C)(C)O1. The zero-order valence-corrected chi connectivity index (χ0v) is 16.8. The van der Waals surface area contributed by atoms with Gasteiger partial charge in [-0.15, -0.1) is 0 Å². The predicted molar refractivity (Wildman–Crippen MR) is 87.9 cm³/mol. The maximum atomic E-state index is 11.3. The Labute approximate surface area is 121 Å². The van der Waals surface area contributed by atoms with E-state index in [-0.39, 0.29) is 5.97 Å². The van der Waals surface area contributed by atoms with Crippen molar-refractivity contribution in [1.82, 2.24) is 0 Å². The zero-order chi connectivity index (χ0) is 15.1. The van der Waals surface area contributed by atoms with E-state index < -0.39 is 23.7 Å². The highest BCUT2D eigenvalue weighted by atomic mass is 29.3. The van der Waals surface area contributed by atoms with E-state index in [1.165, 1.54) is 13.0 Å². The first-order valence-corrected chi connectivity index (χ1v) is 17.4. The molecule has 6 heteroatoms. The molecule has 112 valence electrons. The third-order valence-corrected chi connectivity index (χ3v) is 25.1. The van der Waals surface area contributed by atoms with Gasteiger partial charge >= 0.3 is 0 Å². The van der Waals surface area contributed by atoms with Crippen LogP contribution in [-0.2, 0) is 13.6 Å². The van der Waals surface area contributed by atoms with Crippen LogP contribution in [0.4, 0.5) is 0 Å². The Balaban J connectivity index is 2.80. The smallest absolute Gasteiger partial charge is 0.289 e. The molecule has 0 N–H and O–H groups in total. The Morgan fingerprint density at radius 3 is 2.26 bits per heavy atom. The lowest BCUT2D eigenvalue weighted by molar-refractivity contribution is -0.132. The van der Waals surface area contributed by atoms with Gasteiger partial charge in [0.1, 0.15) is 0 Å². The molecule has 0 aromatic rings. The average Bonchev–Trinajstić information content (AvgIpc) is 2.19. The quantitative estimate of drug-likeness (QED) is 0.740. The minimum Gasteiger partial charge on any atom is -0.519 e. The minimum absolute atomic E-state index is 0.148. The first-order valence-electron chi connectivity index (χ1n) is 7.26.